The van der Waals surface area contributed by atoms with Crippen molar-refractivity contribution in [2.45, 2.75) is 12.5 Å². The molecule has 8 heteroatoms. The van der Waals surface area contributed by atoms with E-state index < -0.39 is 12.7 Å². The van der Waals surface area contributed by atoms with Crippen LogP contribution in [0.4, 0.5) is 5.69 Å². The quantitative estimate of drug-likeness (QED) is 0.471. The van der Waals surface area contributed by atoms with Gasteiger partial charge >= 0.3 is 7.82 Å². The van der Waals surface area contributed by atoms with Gasteiger partial charge in [0.1, 0.15) is 5.75 Å². The highest BCUT2D eigenvalue weighted by molar-refractivity contribution is 7.49. The molecule has 0 amide bonds. The topological polar surface area (TPSA) is 87.9 Å². The van der Waals surface area contributed by atoms with E-state index in [1.165, 1.54) is 24.3 Å². The highest BCUT2D eigenvalue weighted by Gasteiger charge is 2.37. The van der Waals surface area contributed by atoms with Crippen molar-refractivity contribution in [1.82, 2.24) is 0 Å². The summed E-state index contributed by atoms with van der Waals surface area (Å²) in [5.41, 5.74) is 0.812. The average Bonchev–Trinajstić information content (AvgIpc) is 2.56. The first kappa shape index (κ1) is 15.7. The normalized spacial score (nSPS) is 24.1. The van der Waals surface area contributed by atoms with Crippen LogP contribution in [0.1, 0.15) is 18.1 Å². The third kappa shape index (κ3) is 3.76. The van der Waals surface area contributed by atoms with E-state index >= 15 is 0 Å². The Bertz CT molecular complexity index is 733. The Labute approximate surface area is 132 Å². The molecule has 1 aliphatic rings. The van der Waals surface area contributed by atoms with Gasteiger partial charge in [-0.2, -0.15) is 0 Å². The average molecular weight is 335 g/mol. The van der Waals surface area contributed by atoms with Crippen LogP contribution in [0.3, 0.4) is 0 Å². The molecule has 7 nitrogen and oxygen atoms in total. The lowest BCUT2D eigenvalue weighted by molar-refractivity contribution is -0.384. The van der Waals surface area contributed by atoms with Crippen molar-refractivity contribution in [3.05, 3.63) is 70.3 Å². The summed E-state index contributed by atoms with van der Waals surface area (Å²) < 4.78 is 28.6. The second-order valence-electron chi connectivity index (χ2n) is 4.92. The van der Waals surface area contributed by atoms with Gasteiger partial charge in [0.15, 0.2) is 0 Å². The van der Waals surface area contributed by atoms with Crippen molar-refractivity contribution in [1.29, 1.82) is 0 Å². The summed E-state index contributed by atoms with van der Waals surface area (Å²) in [4.78, 5) is 10.1. The Morgan fingerprint density at radius 1 is 1.13 bits per heavy atom. The van der Waals surface area contributed by atoms with E-state index in [-0.39, 0.29) is 24.1 Å². The molecule has 2 aromatic carbocycles. The minimum absolute atomic E-state index is 0.0803. The predicted molar refractivity (Wildman–Crippen MR) is 82.2 cm³/mol. The Balaban J connectivity index is 1.73. The monoisotopic (exact) mass is 335 g/mol. The fourth-order valence-corrected chi connectivity index (χ4v) is 3.62. The Morgan fingerprint density at radius 3 is 2.48 bits per heavy atom. The molecule has 1 heterocycles. The van der Waals surface area contributed by atoms with Crippen molar-refractivity contribution in [3.63, 3.8) is 0 Å². The van der Waals surface area contributed by atoms with Gasteiger partial charge in [0.25, 0.3) is 5.69 Å². The van der Waals surface area contributed by atoms with E-state index in [9.17, 15) is 14.7 Å². The molecule has 2 atom stereocenters. The number of phosphoric ester groups is 1. The molecule has 2 aromatic rings. The van der Waals surface area contributed by atoms with Crippen molar-refractivity contribution in [2.24, 2.45) is 0 Å². The van der Waals surface area contributed by atoms with Crippen LogP contribution in [-0.4, -0.2) is 11.5 Å². The number of nitro groups is 1. The van der Waals surface area contributed by atoms with Crippen LogP contribution < -0.4 is 4.52 Å². The zero-order chi connectivity index (χ0) is 16.3. The van der Waals surface area contributed by atoms with Crippen LogP contribution in [0.15, 0.2) is 54.6 Å². The molecule has 1 saturated heterocycles. The van der Waals surface area contributed by atoms with Crippen molar-refractivity contribution < 1.29 is 23.1 Å². The number of benzene rings is 2. The lowest BCUT2D eigenvalue weighted by Gasteiger charge is -2.28. The zero-order valence-corrected chi connectivity index (χ0v) is 12.9. The van der Waals surface area contributed by atoms with Gasteiger partial charge in [-0.1, -0.05) is 30.3 Å². The number of hydrogen-bond acceptors (Lipinski definition) is 6. The first-order valence-corrected chi connectivity index (χ1v) is 8.44. The zero-order valence-electron chi connectivity index (χ0n) is 12.0. The summed E-state index contributed by atoms with van der Waals surface area (Å²) in [7, 11) is -3.77. The number of hydrogen-bond donors (Lipinski definition) is 0. The van der Waals surface area contributed by atoms with Gasteiger partial charge in [0.2, 0.25) is 0 Å². The molecule has 0 bridgehead atoms. The largest absolute Gasteiger partial charge is 0.530 e. The first-order valence-electron chi connectivity index (χ1n) is 6.98. The third-order valence-corrected chi connectivity index (χ3v) is 4.77. The lowest BCUT2D eigenvalue weighted by Crippen LogP contribution is -2.16. The molecule has 1 unspecified atom stereocenters. The Hall–Kier alpha value is -2.21. The third-order valence-electron chi connectivity index (χ3n) is 3.32. The number of phosphoric acid groups is 1. The van der Waals surface area contributed by atoms with E-state index in [4.69, 9.17) is 13.6 Å². The lowest BCUT2D eigenvalue weighted by atomic mass is 10.1. The molecule has 0 saturated carbocycles. The van der Waals surface area contributed by atoms with Gasteiger partial charge in [-0.05, 0) is 17.7 Å². The molecule has 120 valence electrons. The fourth-order valence-electron chi connectivity index (χ4n) is 2.21. The molecule has 0 aromatic heterocycles. The van der Waals surface area contributed by atoms with Crippen LogP contribution in [0.2, 0.25) is 0 Å². The SMILES string of the molecule is O=[N+]([O-])c1ccc(O[P@]2(=O)OCCC(c3ccccc3)O2)cc1. The molecule has 0 N–H and O–H groups in total. The molecule has 3 rings (SSSR count). The second-order valence-corrected chi connectivity index (χ2v) is 6.46. The van der Waals surface area contributed by atoms with Gasteiger partial charge < -0.3 is 4.52 Å². The molecule has 23 heavy (non-hydrogen) atoms. The first-order chi connectivity index (χ1) is 11.1. The molecule has 0 radical (unpaired) electrons. The van der Waals surface area contributed by atoms with Crippen molar-refractivity contribution in [2.75, 3.05) is 6.61 Å². The van der Waals surface area contributed by atoms with Crippen LogP contribution in [0.25, 0.3) is 0 Å². The van der Waals surface area contributed by atoms with Gasteiger partial charge in [-0.3, -0.25) is 19.2 Å². The number of nitrogens with zero attached hydrogens (tertiary/aromatic N) is 1. The molecular weight excluding hydrogens is 321 g/mol. The molecule has 0 aliphatic carbocycles. The summed E-state index contributed by atoms with van der Waals surface area (Å²) in [5, 5.41) is 10.6. The van der Waals surface area contributed by atoms with Gasteiger partial charge in [-0.15, -0.1) is 0 Å². The van der Waals surface area contributed by atoms with E-state index in [1.807, 2.05) is 30.3 Å². The maximum absolute atomic E-state index is 12.6. The van der Waals surface area contributed by atoms with E-state index in [0.29, 0.717) is 6.42 Å². The predicted octanol–water partition coefficient (Wildman–Crippen LogP) is 4.26. The van der Waals surface area contributed by atoms with Crippen LogP contribution in [0, 0.1) is 10.1 Å². The molecule has 0 spiro atoms. The van der Waals surface area contributed by atoms with Gasteiger partial charge in [-0.25, -0.2) is 4.57 Å². The second kappa shape index (κ2) is 6.50. The Morgan fingerprint density at radius 2 is 1.83 bits per heavy atom. The van der Waals surface area contributed by atoms with Gasteiger partial charge in [0.05, 0.1) is 17.6 Å². The van der Waals surface area contributed by atoms with Crippen molar-refractivity contribution in [3.8, 4) is 5.75 Å². The van der Waals surface area contributed by atoms with E-state index in [1.54, 1.807) is 0 Å². The summed E-state index contributed by atoms with van der Waals surface area (Å²) in [6, 6.07) is 14.6. The van der Waals surface area contributed by atoms with Crippen LogP contribution in [0.5, 0.6) is 5.75 Å². The standard InChI is InChI=1S/C15H14NO6P/c17-16(18)13-6-8-14(9-7-13)21-23(19)20-11-10-15(22-23)12-4-2-1-3-5-12/h1-9,15H,10-11H2/t15?,23-/m0/s1. The van der Waals surface area contributed by atoms with E-state index in [0.717, 1.165) is 5.56 Å². The maximum atomic E-state index is 12.6. The molecular formula is C15H14NO6P. The molecule has 1 aliphatic heterocycles. The van der Waals surface area contributed by atoms with E-state index in [2.05, 4.69) is 0 Å². The number of non-ortho nitro benzene ring substituents is 1. The fraction of sp³-hybridized carbons (Fsp3) is 0.200. The summed E-state index contributed by atoms with van der Waals surface area (Å²) in [6.45, 7) is 0.240. The smallest absolute Gasteiger partial charge is 0.404 e. The van der Waals surface area contributed by atoms with Crippen molar-refractivity contribution >= 4 is 13.5 Å². The minimum Gasteiger partial charge on any atom is -0.404 e. The van der Waals surface area contributed by atoms with Gasteiger partial charge in [0, 0.05) is 18.6 Å². The van der Waals surface area contributed by atoms with Crippen LogP contribution in [-0.2, 0) is 13.6 Å². The number of rotatable bonds is 4. The molecule has 1 fully saturated rings. The Kier molecular flexibility index (Phi) is 4.43. The minimum atomic E-state index is -3.77. The van der Waals surface area contributed by atoms with Crippen LogP contribution >= 0.6 is 7.82 Å². The summed E-state index contributed by atoms with van der Waals surface area (Å²) >= 11 is 0. The summed E-state index contributed by atoms with van der Waals surface area (Å²) in [6.07, 6.45) is 0.186. The highest BCUT2D eigenvalue weighted by atomic mass is 31.2. The summed E-state index contributed by atoms with van der Waals surface area (Å²) in [5.74, 6) is 0.188. The highest BCUT2D eigenvalue weighted by Crippen LogP contribution is 2.56. The maximum Gasteiger partial charge on any atom is 0.530 e. The number of nitro benzene ring substituents is 1.